The number of anilines is 2. The molecule has 29 heavy (non-hydrogen) atoms. The van der Waals surface area contributed by atoms with Gasteiger partial charge in [-0.2, -0.15) is 0 Å². The largest absolute Gasteiger partial charge is 0.495 e. The fourth-order valence-corrected chi connectivity index (χ4v) is 5.61. The second-order valence-corrected chi connectivity index (χ2v) is 8.78. The molecule has 2 aliphatic rings. The second kappa shape index (κ2) is 8.53. The number of esters is 1. The van der Waals surface area contributed by atoms with Crippen molar-refractivity contribution in [3.63, 3.8) is 0 Å². The first-order valence-corrected chi connectivity index (χ1v) is 11.0. The molecule has 2 aliphatic carbocycles. The first kappa shape index (κ1) is 19.9. The van der Waals surface area contributed by atoms with Gasteiger partial charge in [-0.05, 0) is 49.1 Å². The van der Waals surface area contributed by atoms with Crippen molar-refractivity contribution in [1.29, 1.82) is 0 Å². The summed E-state index contributed by atoms with van der Waals surface area (Å²) in [5.41, 5.74) is 1.28. The third kappa shape index (κ3) is 4.29. The molecular weight excluding hydrogens is 388 g/mol. The van der Waals surface area contributed by atoms with Gasteiger partial charge in [-0.1, -0.05) is 18.6 Å². The van der Waals surface area contributed by atoms with Gasteiger partial charge in [0.2, 0.25) is 5.91 Å². The van der Waals surface area contributed by atoms with Gasteiger partial charge < -0.3 is 9.47 Å². The second-order valence-electron chi connectivity index (χ2n) is 7.95. The Morgan fingerprint density at radius 1 is 1.24 bits per heavy atom. The fraction of sp³-hybridized carbons (Fsp3) is 0.500. The predicted octanol–water partition coefficient (Wildman–Crippen LogP) is 4.71. The van der Waals surface area contributed by atoms with Crippen molar-refractivity contribution in [2.75, 3.05) is 12.0 Å². The van der Waals surface area contributed by atoms with Crippen LogP contribution in [0.3, 0.4) is 0 Å². The lowest BCUT2D eigenvalue weighted by molar-refractivity contribution is -0.146. The van der Waals surface area contributed by atoms with Crippen LogP contribution in [0.5, 0.6) is 5.75 Å². The van der Waals surface area contributed by atoms with Crippen LogP contribution in [0.25, 0.3) is 0 Å². The van der Waals surface area contributed by atoms with E-state index in [2.05, 4.69) is 4.98 Å². The maximum atomic E-state index is 12.3. The Morgan fingerprint density at radius 2 is 2.07 bits per heavy atom. The average molecular weight is 415 g/mol. The van der Waals surface area contributed by atoms with E-state index >= 15 is 0 Å². The number of carbonyl (C=O) groups is 2. The molecule has 2 aromatic rings. The van der Waals surface area contributed by atoms with E-state index in [4.69, 9.17) is 9.47 Å². The number of ether oxygens (including phenoxy) is 2. The average Bonchev–Trinajstić information content (AvgIpc) is 3.44. The van der Waals surface area contributed by atoms with Crippen molar-refractivity contribution >= 4 is 34.0 Å². The Kier molecular flexibility index (Phi) is 5.85. The number of thiazole rings is 1. The van der Waals surface area contributed by atoms with Crippen molar-refractivity contribution in [3.05, 3.63) is 35.3 Å². The van der Waals surface area contributed by atoms with Crippen LogP contribution >= 0.6 is 11.3 Å². The van der Waals surface area contributed by atoms with Crippen LogP contribution in [-0.2, 0) is 20.9 Å². The summed E-state index contributed by atoms with van der Waals surface area (Å²) >= 11 is 1.34. The molecule has 0 radical (unpaired) electrons. The lowest BCUT2D eigenvalue weighted by Crippen LogP contribution is -2.23. The molecule has 154 valence electrons. The van der Waals surface area contributed by atoms with Crippen molar-refractivity contribution in [1.82, 2.24) is 4.98 Å². The van der Waals surface area contributed by atoms with Crippen molar-refractivity contribution < 1.29 is 19.1 Å². The van der Waals surface area contributed by atoms with E-state index < -0.39 is 0 Å². The molecule has 1 amide bonds. The zero-order valence-electron chi connectivity index (χ0n) is 16.8. The molecule has 1 heterocycles. The van der Waals surface area contributed by atoms with Gasteiger partial charge >= 0.3 is 5.97 Å². The van der Waals surface area contributed by atoms with Crippen LogP contribution < -0.4 is 9.64 Å². The van der Waals surface area contributed by atoms with Crippen LogP contribution in [0.15, 0.2) is 29.6 Å². The van der Waals surface area contributed by atoms with E-state index in [-0.39, 0.29) is 18.5 Å². The summed E-state index contributed by atoms with van der Waals surface area (Å²) in [6.45, 7) is 1.62. The Labute approximate surface area is 174 Å². The quantitative estimate of drug-likeness (QED) is 0.614. The van der Waals surface area contributed by atoms with Crippen LogP contribution in [0.2, 0.25) is 0 Å². The van der Waals surface area contributed by atoms with Gasteiger partial charge in [-0.3, -0.25) is 14.5 Å². The summed E-state index contributed by atoms with van der Waals surface area (Å²) in [4.78, 5) is 30.6. The first-order chi connectivity index (χ1) is 14.0. The molecule has 0 saturated heterocycles. The zero-order chi connectivity index (χ0) is 20.4. The lowest BCUT2D eigenvalue weighted by atomic mass is 9.86. The molecule has 0 N–H and O–H groups in total. The monoisotopic (exact) mass is 414 g/mol. The number of nitrogens with zero attached hydrogens (tertiary/aromatic N) is 2. The maximum Gasteiger partial charge on any atom is 0.306 e. The minimum Gasteiger partial charge on any atom is -0.495 e. The summed E-state index contributed by atoms with van der Waals surface area (Å²) in [5.74, 6) is 2.31. The standard InChI is InChI=1S/C22H26N2O4S/c1-14(25)24(19-5-3-4-6-20(19)27-2)22-23-18(13-29-22)12-28-21(26)11-17-10-15-7-8-16(17)9-15/h3-6,13,15-17H,7-12H2,1-2H3/t15-,16-,17-/m1/s1. The third-order valence-corrected chi connectivity index (χ3v) is 6.94. The fourth-order valence-electron chi connectivity index (χ4n) is 4.74. The van der Waals surface area contributed by atoms with Crippen LogP contribution in [0.4, 0.5) is 10.8 Å². The number of para-hydroxylation sites is 2. The van der Waals surface area contributed by atoms with Gasteiger partial charge in [0.25, 0.3) is 0 Å². The van der Waals surface area contributed by atoms with E-state index in [1.165, 1.54) is 48.8 Å². The number of hydrogen-bond donors (Lipinski definition) is 0. The Bertz CT molecular complexity index is 896. The van der Waals surface area contributed by atoms with E-state index in [0.717, 1.165) is 5.92 Å². The van der Waals surface area contributed by atoms with E-state index in [9.17, 15) is 9.59 Å². The van der Waals surface area contributed by atoms with Crippen LogP contribution in [0, 0.1) is 17.8 Å². The van der Waals surface area contributed by atoms with Gasteiger partial charge in [0.15, 0.2) is 5.13 Å². The zero-order valence-corrected chi connectivity index (χ0v) is 17.6. The van der Waals surface area contributed by atoms with Crippen molar-refractivity contribution in [2.45, 2.75) is 45.6 Å². The van der Waals surface area contributed by atoms with Crippen molar-refractivity contribution in [2.24, 2.45) is 17.8 Å². The molecule has 0 aliphatic heterocycles. The number of carbonyl (C=O) groups excluding carboxylic acids is 2. The summed E-state index contributed by atoms with van der Waals surface area (Å²) < 4.78 is 10.9. The number of hydrogen-bond acceptors (Lipinski definition) is 6. The minimum atomic E-state index is -0.163. The number of methoxy groups -OCH3 is 1. The molecule has 6 nitrogen and oxygen atoms in total. The molecule has 4 rings (SSSR count). The molecule has 7 heteroatoms. The highest BCUT2D eigenvalue weighted by molar-refractivity contribution is 7.14. The number of aromatic nitrogens is 1. The van der Waals surface area contributed by atoms with E-state index in [1.807, 2.05) is 23.6 Å². The summed E-state index contributed by atoms with van der Waals surface area (Å²) in [6, 6.07) is 7.32. The van der Waals surface area contributed by atoms with Crippen LogP contribution in [-0.4, -0.2) is 24.0 Å². The summed E-state index contributed by atoms with van der Waals surface area (Å²) in [7, 11) is 1.57. The normalized spacial score (nSPS) is 22.5. The highest BCUT2D eigenvalue weighted by Crippen LogP contribution is 2.49. The third-order valence-electron chi connectivity index (χ3n) is 6.07. The first-order valence-electron chi connectivity index (χ1n) is 10.1. The molecule has 0 unspecified atom stereocenters. The summed E-state index contributed by atoms with van der Waals surface area (Å²) in [6.07, 6.45) is 5.57. The maximum absolute atomic E-state index is 12.3. The van der Waals surface area contributed by atoms with Gasteiger partial charge in [0.05, 0.1) is 18.5 Å². The smallest absolute Gasteiger partial charge is 0.306 e. The number of benzene rings is 1. The molecule has 1 aromatic carbocycles. The molecule has 2 bridgehead atoms. The minimum absolute atomic E-state index is 0.133. The molecule has 3 atom stereocenters. The number of amides is 1. The Morgan fingerprint density at radius 3 is 2.76 bits per heavy atom. The Hall–Kier alpha value is -2.41. The molecule has 0 spiro atoms. The highest BCUT2D eigenvalue weighted by Gasteiger charge is 2.40. The highest BCUT2D eigenvalue weighted by atomic mass is 32.1. The molecule has 2 fully saturated rings. The van der Waals surface area contributed by atoms with Gasteiger partial charge in [0.1, 0.15) is 12.4 Å². The molecule has 1 aromatic heterocycles. The SMILES string of the molecule is COc1ccccc1N(C(C)=O)c1nc(COC(=O)C[C@H]2C[C@@H]3CC[C@@H]2C3)cs1. The van der Waals surface area contributed by atoms with Gasteiger partial charge in [-0.25, -0.2) is 4.98 Å². The van der Waals surface area contributed by atoms with E-state index in [0.29, 0.717) is 40.5 Å². The topological polar surface area (TPSA) is 68.7 Å². The van der Waals surface area contributed by atoms with Gasteiger partial charge in [0, 0.05) is 18.7 Å². The van der Waals surface area contributed by atoms with Gasteiger partial charge in [-0.15, -0.1) is 11.3 Å². The molecular formula is C22H26N2O4S. The van der Waals surface area contributed by atoms with Crippen molar-refractivity contribution in [3.8, 4) is 5.75 Å². The number of fused-ring (bicyclic) bond motifs is 2. The summed E-state index contributed by atoms with van der Waals surface area (Å²) in [5, 5.41) is 2.35. The lowest BCUT2D eigenvalue weighted by Gasteiger charge is -2.20. The Balaban J connectivity index is 1.39. The molecule has 2 saturated carbocycles. The van der Waals surface area contributed by atoms with Crippen LogP contribution in [0.1, 0.15) is 44.7 Å². The predicted molar refractivity (Wildman–Crippen MR) is 111 cm³/mol. The van der Waals surface area contributed by atoms with E-state index in [1.54, 1.807) is 13.2 Å². The number of rotatable bonds is 7.